The lowest BCUT2D eigenvalue weighted by Gasteiger charge is -2.31. The Morgan fingerprint density at radius 1 is 1.18 bits per heavy atom. The van der Waals surface area contributed by atoms with Crippen molar-refractivity contribution in [3.05, 3.63) is 45.4 Å². The van der Waals surface area contributed by atoms with Crippen molar-refractivity contribution in [2.75, 3.05) is 19.7 Å². The average Bonchev–Trinajstić information content (AvgIpc) is 3.24. The summed E-state index contributed by atoms with van der Waals surface area (Å²) in [5.41, 5.74) is 2.15. The molecule has 1 aliphatic heterocycles. The molecule has 0 spiro atoms. The lowest BCUT2D eigenvalue weighted by atomic mass is 9.78. The van der Waals surface area contributed by atoms with Crippen LogP contribution >= 0.6 is 22.9 Å². The standard InChI is InChI=1S/C26H33ClF2N2O2S/c27-21-8-5-18(6-9-21)7-10-22(32)15-20-3-1-19(2-4-20)11-13-31-14-12-24-23(16-31)30-26(34-24)33-17-25(28)29/h5-6,8-9,19-20,25H,1-4,7,10-17H2. The van der Waals surface area contributed by atoms with Crippen molar-refractivity contribution in [3.63, 3.8) is 0 Å². The predicted octanol–water partition coefficient (Wildman–Crippen LogP) is 6.59. The highest BCUT2D eigenvalue weighted by atomic mass is 35.5. The van der Waals surface area contributed by atoms with Gasteiger partial charge >= 0.3 is 0 Å². The normalized spacial score (nSPS) is 20.9. The molecule has 2 heterocycles. The number of hydrogen-bond donors (Lipinski definition) is 0. The molecule has 0 amide bonds. The molecule has 1 saturated carbocycles. The number of alkyl halides is 2. The molecule has 2 aliphatic rings. The van der Waals surface area contributed by atoms with E-state index in [2.05, 4.69) is 9.88 Å². The highest BCUT2D eigenvalue weighted by Gasteiger charge is 2.25. The Morgan fingerprint density at radius 2 is 1.91 bits per heavy atom. The van der Waals surface area contributed by atoms with Crippen LogP contribution in [-0.2, 0) is 24.2 Å². The van der Waals surface area contributed by atoms with Crippen LogP contribution in [0.5, 0.6) is 5.19 Å². The lowest BCUT2D eigenvalue weighted by Crippen LogP contribution is -2.32. The van der Waals surface area contributed by atoms with E-state index in [0.717, 1.165) is 68.4 Å². The van der Waals surface area contributed by atoms with Gasteiger partial charge in [0.2, 0.25) is 0 Å². The minimum absolute atomic E-state index is 0.369. The summed E-state index contributed by atoms with van der Waals surface area (Å²) in [6, 6.07) is 7.76. The van der Waals surface area contributed by atoms with Gasteiger partial charge in [-0.2, -0.15) is 0 Å². The summed E-state index contributed by atoms with van der Waals surface area (Å²) >= 11 is 7.33. The first kappa shape index (κ1) is 25.5. The Kier molecular flexibility index (Phi) is 9.31. The second-order valence-electron chi connectivity index (χ2n) is 9.62. The fourth-order valence-corrected chi connectivity index (χ4v) is 6.11. The van der Waals surface area contributed by atoms with Gasteiger partial charge in [0.05, 0.1) is 5.69 Å². The van der Waals surface area contributed by atoms with E-state index in [1.54, 1.807) is 0 Å². The second kappa shape index (κ2) is 12.4. The van der Waals surface area contributed by atoms with Crippen LogP contribution in [0, 0.1) is 11.8 Å². The van der Waals surface area contributed by atoms with Crippen LogP contribution in [-0.4, -0.2) is 41.8 Å². The van der Waals surface area contributed by atoms with Gasteiger partial charge in [-0.15, -0.1) is 0 Å². The molecule has 0 radical (unpaired) electrons. The maximum absolute atomic E-state index is 12.5. The van der Waals surface area contributed by atoms with Gasteiger partial charge in [-0.3, -0.25) is 9.69 Å². The summed E-state index contributed by atoms with van der Waals surface area (Å²) in [6.45, 7) is 2.22. The molecule has 1 aromatic carbocycles. The maximum Gasteiger partial charge on any atom is 0.273 e. The molecular weight excluding hydrogens is 478 g/mol. The number of carbonyl (C=O) groups is 1. The average molecular weight is 511 g/mol. The third kappa shape index (κ3) is 7.72. The van der Waals surface area contributed by atoms with Crippen LogP contribution in [0.25, 0.3) is 0 Å². The van der Waals surface area contributed by atoms with Crippen LogP contribution in [0.4, 0.5) is 8.78 Å². The number of halogens is 3. The van der Waals surface area contributed by atoms with Crippen LogP contribution in [0.2, 0.25) is 5.02 Å². The van der Waals surface area contributed by atoms with Crippen molar-refractivity contribution in [1.82, 2.24) is 9.88 Å². The number of hydrogen-bond acceptors (Lipinski definition) is 5. The molecule has 0 N–H and O–H groups in total. The van der Waals surface area contributed by atoms with E-state index in [1.165, 1.54) is 41.0 Å². The molecule has 1 fully saturated rings. The quantitative estimate of drug-likeness (QED) is 0.342. The maximum atomic E-state index is 12.5. The zero-order chi connectivity index (χ0) is 23.9. The van der Waals surface area contributed by atoms with Crippen molar-refractivity contribution in [2.45, 2.75) is 70.8 Å². The predicted molar refractivity (Wildman–Crippen MR) is 132 cm³/mol. The number of ketones is 1. The number of thiazole rings is 1. The Bertz CT molecular complexity index is 929. The molecular formula is C26H33ClF2N2O2S. The third-order valence-electron chi connectivity index (χ3n) is 7.06. The number of fused-ring (bicyclic) bond motifs is 1. The minimum atomic E-state index is -2.47. The molecule has 2 aromatic rings. The Hall–Kier alpha value is -1.57. The van der Waals surface area contributed by atoms with E-state index >= 15 is 0 Å². The SMILES string of the molecule is O=C(CCc1ccc(Cl)cc1)CC1CCC(CCN2CCc3sc(OCC(F)F)nc3C2)CC1. The molecule has 0 saturated heterocycles. The zero-order valence-corrected chi connectivity index (χ0v) is 21.1. The molecule has 0 unspecified atom stereocenters. The number of rotatable bonds is 11. The van der Waals surface area contributed by atoms with Gasteiger partial charge in [0.25, 0.3) is 11.6 Å². The van der Waals surface area contributed by atoms with Gasteiger partial charge < -0.3 is 4.74 Å². The number of aromatic nitrogens is 1. The van der Waals surface area contributed by atoms with Crippen LogP contribution in [0.1, 0.15) is 61.1 Å². The van der Waals surface area contributed by atoms with Gasteiger partial charge in [-0.1, -0.05) is 47.9 Å². The smallest absolute Gasteiger partial charge is 0.273 e. The first-order valence-electron chi connectivity index (χ1n) is 12.3. The molecule has 34 heavy (non-hydrogen) atoms. The van der Waals surface area contributed by atoms with E-state index in [-0.39, 0.29) is 0 Å². The number of Topliss-reactive ketones (excluding diaryl/α,β-unsaturated/α-hetero) is 1. The molecule has 0 atom stereocenters. The summed E-state index contributed by atoms with van der Waals surface area (Å²) < 4.78 is 29.8. The van der Waals surface area contributed by atoms with Crippen LogP contribution in [0.15, 0.2) is 24.3 Å². The van der Waals surface area contributed by atoms with Gasteiger partial charge in [0.1, 0.15) is 5.78 Å². The van der Waals surface area contributed by atoms with Crippen molar-refractivity contribution in [3.8, 4) is 5.19 Å². The van der Waals surface area contributed by atoms with Gasteiger partial charge in [0.15, 0.2) is 6.61 Å². The monoisotopic (exact) mass is 510 g/mol. The van der Waals surface area contributed by atoms with Gasteiger partial charge in [-0.05, 0) is 68.2 Å². The fourth-order valence-electron chi connectivity index (χ4n) is 5.06. The van der Waals surface area contributed by atoms with Crippen molar-refractivity contribution in [1.29, 1.82) is 0 Å². The third-order valence-corrected chi connectivity index (χ3v) is 8.38. The summed E-state index contributed by atoms with van der Waals surface area (Å²) in [5.74, 6) is 1.64. The zero-order valence-electron chi connectivity index (χ0n) is 19.5. The highest BCUT2D eigenvalue weighted by molar-refractivity contribution is 7.13. The van der Waals surface area contributed by atoms with E-state index < -0.39 is 13.0 Å². The molecule has 0 bridgehead atoms. The van der Waals surface area contributed by atoms with E-state index in [0.29, 0.717) is 23.3 Å². The molecule has 1 aromatic heterocycles. The highest BCUT2D eigenvalue weighted by Crippen LogP contribution is 2.34. The largest absolute Gasteiger partial charge is 0.464 e. The summed E-state index contributed by atoms with van der Waals surface area (Å²) in [6.07, 6.45) is 6.45. The Morgan fingerprint density at radius 3 is 2.65 bits per heavy atom. The van der Waals surface area contributed by atoms with Crippen molar-refractivity contribution in [2.24, 2.45) is 11.8 Å². The molecule has 186 valence electrons. The summed E-state index contributed by atoms with van der Waals surface area (Å²) in [5, 5.41) is 1.10. The number of benzene rings is 1. The first-order valence-corrected chi connectivity index (χ1v) is 13.5. The number of aryl methyl sites for hydroxylation is 1. The Labute approximate surface area is 209 Å². The van der Waals surface area contributed by atoms with Crippen LogP contribution < -0.4 is 4.74 Å². The number of nitrogens with zero attached hydrogens (tertiary/aromatic N) is 2. The molecule has 1 aliphatic carbocycles. The summed E-state index contributed by atoms with van der Waals surface area (Å²) in [7, 11) is 0. The summed E-state index contributed by atoms with van der Waals surface area (Å²) in [4.78, 5) is 20.5. The second-order valence-corrected chi connectivity index (χ2v) is 11.1. The van der Waals surface area contributed by atoms with Crippen LogP contribution in [0.3, 0.4) is 0 Å². The molecule has 4 nitrogen and oxygen atoms in total. The molecule has 4 rings (SSSR count). The lowest BCUT2D eigenvalue weighted by molar-refractivity contribution is -0.120. The minimum Gasteiger partial charge on any atom is -0.464 e. The number of carbonyl (C=O) groups excluding carboxylic acids is 1. The van der Waals surface area contributed by atoms with Crippen molar-refractivity contribution >= 4 is 28.7 Å². The fraction of sp³-hybridized carbons (Fsp3) is 0.615. The Balaban J connectivity index is 1.12. The van der Waals surface area contributed by atoms with Gasteiger partial charge in [0, 0.05) is 35.8 Å². The van der Waals surface area contributed by atoms with E-state index in [4.69, 9.17) is 16.3 Å². The van der Waals surface area contributed by atoms with Crippen molar-refractivity contribution < 1.29 is 18.3 Å². The molecule has 8 heteroatoms. The van der Waals surface area contributed by atoms with E-state index in [9.17, 15) is 13.6 Å². The first-order chi connectivity index (χ1) is 16.4. The van der Waals surface area contributed by atoms with E-state index in [1.807, 2.05) is 24.3 Å². The topological polar surface area (TPSA) is 42.4 Å². The van der Waals surface area contributed by atoms with Gasteiger partial charge in [-0.25, -0.2) is 13.8 Å². The number of ether oxygens (including phenoxy) is 1.